The van der Waals surface area contributed by atoms with E-state index in [9.17, 15) is 12.8 Å². The van der Waals surface area contributed by atoms with Gasteiger partial charge < -0.3 is 9.64 Å². The summed E-state index contributed by atoms with van der Waals surface area (Å²) in [5, 5.41) is 8.45. The molecule has 1 aliphatic heterocycles. The number of halogens is 1. The van der Waals surface area contributed by atoms with Crippen molar-refractivity contribution >= 4 is 15.8 Å². The number of hydrogen-bond donors (Lipinski definition) is 0. The Bertz CT molecular complexity index is 1050. The number of benzene rings is 1. The number of imidazole rings is 1. The predicted molar refractivity (Wildman–Crippen MR) is 109 cm³/mol. The van der Waals surface area contributed by atoms with E-state index in [0.717, 1.165) is 0 Å². The van der Waals surface area contributed by atoms with Crippen molar-refractivity contribution in [3.8, 4) is 11.6 Å². The van der Waals surface area contributed by atoms with Gasteiger partial charge in [-0.25, -0.2) is 17.8 Å². The molecular formula is C19H21FN6O3S. The fraction of sp³-hybridized carbons (Fsp3) is 0.316. The van der Waals surface area contributed by atoms with E-state index < -0.39 is 10.0 Å². The fourth-order valence-corrected chi connectivity index (χ4v) is 4.41. The summed E-state index contributed by atoms with van der Waals surface area (Å²) in [5.41, 5.74) is 0. The molecule has 30 heavy (non-hydrogen) atoms. The Kier molecular flexibility index (Phi) is 5.91. The van der Waals surface area contributed by atoms with E-state index >= 15 is 0 Å². The normalized spacial score (nSPS) is 15.3. The molecule has 4 rings (SSSR count). The molecule has 1 saturated heterocycles. The summed E-state index contributed by atoms with van der Waals surface area (Å²) in [6.45, 7) is 1.79. The molecule has 0 amide bonds. The number of hydrogen-bond acceptors (Lipinski definition) is 7. The topological polar surface area (TPSA) is 93.5 Å². The minimum atomic E-state index is -3.44. The van der Waals surface area contributed by atoms with Gasteiger partial charge in [-0.2, -0.15) is 4.31 Å². The van der Waals surface area contributed by atoms with Gasteiger partial charge in [0.25, 0.3) is 0 Å². The van der Waals surface area contributed by atoms with Gasteiger partial charge >= 0.3 is 0 Å². The zero-order valence-corrected chi connectivity index (χ0v) is 16.9. The highest BCUT2D eigenvalue weighted by Crippen LogP contribution is 2.16. The first-order chi connectivity index (χ1) is 14.5. The molecule has 2 aromatic heterocycles. The Morgan fingerprint density at radius 1 is 0.967 bits per heavy atom. The number of anilines is 1. The van der Waals surface area contributed by atoms with E-state index in [2.05, 4.69) is 15.2 Å². The molecule has 0 aliphatic carbocycles. The molecular weight excluding hydrogens is 411 g/mol. The molecule has 0 bridgehead atoms. The molecule has 0 spiro atoms. The summed E-state index contributed by atoms with van der Waals surface area (Å²) in [6, 6.07) is 9.20. The Hall–Kier alpha value is -3.05. The second-order valence-corrected chi connectivity index (χ2v) is 8.81. The minimum Gasteiger partial charge on any atom is -0.492 e. The van der Waals surface area contributed by atoms with Crippen molar-refractivity contribution in [1.82, 2.24) is 24.1 Å². The Morgan fingerprint density at radius 3 is 2.30 bits per heavy atom. The summed E-state index contributed by atoms with van der Waals surface area (Å²) in [6.07, 6.45) is 5.10. The van der Waals surface area contributed by atoms with Crippen molar-refractivity contribution in [3.05, 3.63) is 60.9 Å². The van der Waals surface area contributed by atoms with E-state index in [1.165, 1.54) is 28.6 Å². The molecule has 0 N–H and O–H groups in total. The highest BCUT2D eigenvalue weighted by atomic mass is 32.2. The molecule has 0 unspecified atom stereocenters. The molecule has 3 heterocycles. The van der Waals surface area contributed by atoms with Crippen LogP contribution in [0.4, 0.5) is 10.2 Å². The molecule has 1 fully saturated rings. The van der Waals surface area contributed by atoms with Gasteiger partial charge in [0.15, 0.2) is 11.6 Å². The first-order valence-corrected chi connectivity index (χ1v) is 11.1. The van der Waals surface area contributed by atoms with Crippen molar-refractivity contribution in [3.63, 3.8) is 0 Å². The zero-order valence-electron chi connectivity index (χ0n) is 16.1. The average Bonchev–Trinajstić information content (AvgIpc) is 3.30. The van der Waals surface area contributed by atoms with E-state index in [4.69, 9.17) is 4.74 Å². The number of aromatic nitrogens is 4. The van der Waals surface area contributed by atoms with Crippen LogP contribution in [0.2, 0.25) is 0 Å². The van der Waals surface area contributed by atoms with Crippen molar-refractivity contribution in [1.29, 1.82) is 0 Å². The average molecular weight is 432 g/mol. The van der Waals surface area contributed by atoms with Gasteiger partial charge in [0.05, 0.1) is 5.75 Å². The van der Waals surface area contributed by atoms with Gasteiger partial charge in [0.1, 0.15) is 24.5 Å². The van der Waals surface area contributed by atoms with Crippen LogP contribution in [0.1, 0.15) is 0 Å². The number of ether oxygens (including phenoxy) is 1. The van der Waals surface area contributed by atoms with Gasteiger partial charge in [0.2, 0.25) is 10.0 Å². The molecule has 0 radical (unpaired) electrons. The van der Waals surface area contributed by atoms with E-state index in [-0.39, 0.29) is 18.2 Å². The smallest absolute Gasteiger partial charge is 0.217 e. The fourth-order valence-electron chi connectivity index (χ4n) is 3.14. The zero-order chi connectivity index (χ0) is 21.0. The number of piperazine rings is 1. The van der Waals surface area contributed by atoms with E-state index in [1.807, 2.05) is 17.0 Å². The quantitative estimate of drug-likeness (QED) is 0.556. The van der Waals surface area contributed by atoms with E-state index in [1.54, 1.807) is 23.3 Å². The molecule has 0 atom stereocenters. The summed E-state index contributed by atoms with van der Waals surface area (Å²) in [7, 11) is -3.44. The van der Waals surface area contributed by atoms with Gasteiger partial charge in [0, 0.05) is 38.6 Å². The van der Waals surface area contributed by atoms with Crippen molar-refractivity contribution in [2.24, 2.45) is 0 Å². The van der Waals surface area contributed by atoms with Crippen LogP contribution >= 0.6 is 0 Å². The molecule has 1 aromatic carbocycles. The second kappa shape index (κ2) is 8.76. The van der Waals surface area contributed by atoms with Crippen LogP contribution in [0.5, 0.6) is 5.75 Å². The van der Waals surface area contributed by atoms with E-state index in [0.29, 0.717) is 43.6 Å². The summed E-state index contributed by atoms with van der Waals surface area (Å²) < 4.78 is 46.7. The lowest BCUT2D eigenvalue weighted by molar-refractivity contribution is 0.330. The lowest BCUT2D eigenvalue weighted by Crippen LogP contribution is -2.50. The third kappa shape index (κ3) is 4.74. The Balaban J connectivity index is 1.28. The van der Waals surface area contributed by atoms with Gasteiger partial charge in [-0.3, -0.25) is 4.57 Å². The molecule has 9 nitrogen and oxygen atoms in total. The number of nitrogens with zero attached hydrogens (tertiary/aromatic N) is 6. The highest BCUT2D eigenvalue weighted by Gasteiger charge is 2.27. The first-order valence-electron chi connectivity index (χ1n) is 9.44. The van der Waals surface area contributed by atoms with Crippen LogP contribution < -0.4 is 9.64 Å². The largest absolute Gasteiger partial charge is 0.492 e. The molecule has 3 aromatic rings. The van der Waals surface area contributed by atoms with Crippen LogP contribution in [0.25, 0.3) is 5.82 Å². The van der Waals surface area contributed by atoms with Crippen LogP contribution in [0.15, 0.2) is 55.1 Å². The summed E-state index contributed by atoms with van der Waals surface area (Å²) in [5.74, 6) is 1.31. The van der Waals surface area contributed by atoms with Crippen molar-refractivity contribution < 1.29 is 17.5 Å². The van der Waals surface area contributed by atoms with Gasteiger partial charge in [-0.05, 0) is 36.4 Å². The maximum atomic E-state index is 12.9. The monoisotopic (exact) mass is 432 g/mol. The molecule has 0 saturated carbocycles. The third-order valence-electron chi connectivity index (χ3n) is 4.79. The Labute approximate surface area is 173 Å². The third-order valence-corrected chi connectivity index (χ3v) is 6.62. The maximum absolute atomic E-state index is 12.9. The molecule has 1 aliphatic rings. The second-order valence-electron chi connectivity index (χ2n) is 6.72. The Morgan fingerprint density at radius 2 is 1.67 bits per heavy atom. The first kappa shape index (κ1) is 20.2. The minimum absolute atomic E-state index is 0.00929. The number of sulfonamides is 1. The number of rotatable bonds is 7. The lowest BCUT2D eigenvalue weighted by atomic mass is 10.3. The van der Waals surface area contributed by atoms with Crippen LogP contribution in [0.3, 0.4) is 0 Å². The van der Waals surface area contributed by atoms with Crippen molar-refractivity contribution in [2.75, 3.05) is 43.4 Å². The highest BCUT2D eigenvalue weighted by molar-refractivity contribution is 7.89. The van der Waals surface area contributed by atoms with Gasteiger partial charge in [-0.1, -0.05) is 0 Å². The molecule has 158 valence electrons. The maximum Gasteiger partial charge on any atom is 0.217 e. The van der Waals surface area contributed by atoms with Gasteiger partial charge in [-0.15, -0.1) is 10.2 Å². The molecule has 11 heteroatoms. The predicted octanol–water partition coefficient (Wildman–Crippen LogP) is 1.33. The van der Waals surface area contributed by atoms with Crippen molar-refractivity contribution in [2.45, 2.75) is 0 Å². The lowest BCUT2D eigenvalue weighted by Gasteiger charge is -2.34. The summed E-state index contributed by atoms with van der Waals surface area (Å²) in [4.78, 5) is 5.99. The van der Waals surface area contributed by atoms with Crippen LogP contribution in [0, 0.1) is 5.82 Å². The van der Waals surface area contributed by atoms with Crippen LogP contribution in [-0.2, 0) is 10.0 Å². The van der Waals surface area contributed by atoms with Crippen LogP contribution in [-0.4, -0.2) is 71.0 Å². The standard InChI is InChI=1S/C19H21FN6O3S/c20-16-1-3-17(4-2-16)29-13-14-30(27,28)26-11-9-24(10-12-26)18-5-6-19(23-22-18)25-8-7-21-15-25/h1-8,15H,9-14H2. The summed E-state index contributed by atoms with van der Waals surface area (Å²) >= 11 is 0. The SMILES string of the molecule is O=S(=O)(CCOc1ccc(F)cc1)N1CCN(c2ccc(-n3ccnc3)nn2)CC1.